The van der Waals surface area contributed by atoms with Crippen LogP contribution >= 0.6 is 0 Å². The van der Waals surface area contributed by atoms with Gasteiger partial charge in [0.25, 0.3) is 5.91 Å². The van der Waals surface area contributed by atoms with Crippen molar-refractivity contribution in [2.24, 2.45) is 0 Å². The van der Waals surface area contributed by atoms with Gasteiger partial charge in [-0.1, -0.05) is 0 Å². The molecule has 1 aromatic rings. The summed E-state index contributed by atoms with van der Waals surface area (Å²) in [6.45, 7) is 5.46. The number of hydrogen-bond donors (Lipinski definition) is 2. The van der Waals surface area contributed by atoms with Crippen LogP contribution in [0, 0.1) is 0 Å². The van der Waals surface area contributed by atoms with E-state index in [-0.39, 0.29) is 18.1 Å². The summed E-state index contributed by atoms with van der Waals surface area (Å²) in [5.41, 5.74) is 0.349. The molecule has 2 N–H and O–H groups in total. The van der Waals surface area contributed by atoms with E-state index >= 15 is 0 Å². The second-order valence-electron chi connectivity index (χ2n) is 4.54. The molecule has 1 aliphatic carbocycles. The molecular formula is C13H20N4O2. The largest absolute Gasteiger partial charge is 0.378 e. The Balaban J connectivity index is 1.80. The quantitative estimate of drug-likeness (QED) is 0.807. The highest BCUT2D eigenvalue weighted by atomic mass is 16.5. The van der Waals surface area contributed by atoms with Crippen LogP contribution in [-0.4, -0.2) is 41.2 Å². The normalized spacial score (nSPS) is 21.6. The Morgan fingerprint density at radius 3 is 2.74 bits per heavy atom. The molecule has 0 saturated heterocycles. The van der Waals surface area contributed by atoms with Crippen LogP contribution in [-0.2, 0) is 4.74 Å². The highest BCUT2D eigenvalue weighted by molar-refractivity contribution is 5.92. The molecule has 0 aromatic carbocycles. The van der Waals surface area contributed by atoms with Gasteiger partial charge in [0.05, 0.1) is 18.5 Å². The fourth-order valence-corrected chi connectivity index (χ4v) is 2.03. The molecule has 1 fully saturated rings. The van der Waals surface area contributed by atoms with Gasteiger partial charge < -0.3 is 15.4 Å². The van der Waals surface area contributed by atoms with Crippen molar-refractivity contribution < 1.29 is 9.53 Å². The number of anilines is 1. The average molecular weight is 264 g/mol. The summed E-state index contributed by atoms with van der Waals surface area (Å²) in [5, 5.41) is 5.97. The van der Waals surface area contributed by atoms with E-state index < -0.39 is 0 Å². The van der Waals surface area contributed by atoms with Gasteiger partial charge in [-0.15, -0.1) is 0 Å². The fraction of sp³-hybridized carbons (Fsp3) is 0.615. The minimum absolute atomic E-state index is 0.171. The number of hydrogen-bond acceptors (Lipinski definition) is 5. The van der Waals surface area contributed by atoms with E-state index in [1.807, 2.05) is 13.8 Å². The summed E-state index contributed by atoms with van der Waals surface area (Å²) >= 11 is 0. The van der Waals surface area contributed by atoms with E-state index in [4.69, 9.17) is 4.74 Å². The van der Waals surface area contributed by atoms with Crippen molar-refractivity contribution in [1.29, 1.82) is 0 Å². The number of carbonyl (C=O) groups is 1. The molecule has 1 saturated carbocycles. The zero-order chi connectivity index (χ0) is 13.7. The molecule has 0 bridgehead atoms. The first kappa shape index (κ1) is 13.7. The first-order valence-corrected chi connectivity index (χ1v) is 6.71. The smallest absolute Gasteiger partial charge is 0.271 e. The van der Waals surface area contributed by atoms with E-state index in [1.54, 1.807) is 6.20 Å². The first-order valence-electron chi connectivity index (χ1n) is 6.71. The molecule has 1 aromatic heterocycles. The van der Waals surface area contributed by atoms with Crippen molar-refractivity contribution in [2.45, 2.75) is 38.8 Å². The summed E-state index contributed by atoms with van der Waals surface area (Å²) in [5.74, 6) is 0.509. The Morgan fingerprint density at radius 1 is 1.37 bits per heavy atom. The summed E-state index contributed by atoms with van der Waals surface area (Å²) in [6, 6.07) is 0.194. The highest BCUT2D eigenvalue weighted by Crippen LogP contribution is 2.23. The Morgan fingerprint density at radius 2 is 2.16 bits per heavy atom. The minimum atomic E-state index is -0.171. The van der Waals surface area contributed by atoms with Crippen LogP contribution in [0.15, 0.2) is 12.4 Å². The maximum atomic E-state index is 11.9. The minimum Gasteiger partial charge on any atom is -0.378 e. The molecule has 6 nitrogen and oxygen atoms in total. The number of amides is 1. The molecule has 0 atom stereocenters. The van der Waals surface area contributed by atoms with Gasteiger partial charge in [0.2, 0.25) is 0 Å². The van der Waals surface area contributed by atoms with Crippen molar-refractivity contribution in [2.75, 3.05) is 18.5 Å². The van der Waals surface area contributed by atoms with Crippen molar-refractivity contribution in [3.8, 4) is 0 Å². The second-order valence-corrected chi connectivity index (χ2v) is 4.54. The lowest BCUT2D eigenvalue weighted by Gasteiger charge is -2.35. The first-order chi connectivity index (χ1) is 9.22. The van der Waals surface area contributed by atoms with Crippen LogP contribution in [0.1, 0.15) is 37.2 Å². The fourth-order valence-electron chi connectivity index (χ4n) is 2.03. The third-order valence-corrected chi connectivity index (χ3v) is 3.07. The monoisotopic (exact) mass is 264 g/mol. The summed E-state index contributed by atoms with van der Waals surface area (Å²) in [6.07, 6.45) is 5.11. The molecule has 1 heterocycles. The number of aromatic nitrogens is 2. The standard InChI is InChI=1S/C13H20N4O2/c1-3-14-12-8-15-11(7-16-12)13(18)17-9-5-10(6-9)19-4-2/h7-10H,3-6H2,1-2H3,(H,14,16)(H,17,18). The van der Waals surface area contributed by atoms with Crippen LogP contribution in [0.5, 0.6) is 0 Å². The number of nitrogens with one attached hydrogen (secondary N) is 2. The van der Waals surface area contributed by atoms with Crippen LogP contribution in [0.3, 0.4) is 0 Å². The van der Waals surface area contributed by atoms with E-state index in [0.717, 1.165) is 26.0 Å². The van der Waals surface area contributed by atoms with Crippen LogP contribution in [0.25, 0.3) is 0 Å². The molecule has 104 valence electrons. The molecule has 1 amide bonds. The van der Waals surface area contributed by atoms with Gasteiger partial charge in [-0.25, -0.2) is 9.97 Å². The molecule has 0 aliphatic heterocycles. The molecule has 19 heavy (non-hydrogen) atoms. The van der Waals surface area contributed by atoms with Crippen molar-refractivity contribution in [1.82, 2.24) is 15.3 Å². The molecule has 1 aliphatic rings. The number of ether oxygens (including phenoxy) is 1. The molecule has 0 spiro atoms. The molecular weight excluding hydrogens is 244 g/mol. The second kappa shape index (κ2) is 6.47. The lowest BCUT2D eigenvalue weighted by molar-refractivity contribution is -0.00867. The topological polar surface area (TPSA) is 76.1 Å². The van der Waals surface area contributed by atoms with Gasteiger partial charge in [-0.2, -0.15) is 0 Å². The lowest BCUT2D eigenvalue weighted by atomic mass is 9.89. The number of nitrogens with zero attached hydrogens (tertiary/aromatic N) is 2. The highest BCUT2D eigenvalue weighted by Gasteiger charge is 2.31. The SMILES string of the molecule is CCNc1cnc(C(=O)NC2CC(OCC)C2)cn1. The Labute approximate surface area is 113 Å². The maximum Gasteiger partial charge on any atom is 0.271 e. The van der Waals surface area contributed by atoms with Crippen molar-refractivity contribution in [3.63, 3.8) is 0 Å². The zero-order valence-corrected chi connectivity index (χ0v) is 11.3. The van der Waals surface area contributed by atoms with Gasteiger partial charge in [0.1, 0.15) is 11.5 Å². The van der Waals surface area contributed by atoms with Gasteiger partial charge in [0.15, 0.2) is 0 Å². The van der Waals surface area contributed by atoms with Gasteiger partial charge in [-0.05, 0) is 26.7 Å². The predicted molar refractivity (Wildman–Crippen MR) is 72.1 cm³/mol. The molecule has 0 unspecified atom stereocenters. The van der Waals surface area contributed by atoms with Gasteiger partial charge in [0, 0.05) is 19.2 Å². The Bertz CT molecular complexity index is 415. The van der Waals surface area contributed by atoms with E-state index in [0.29, 0.717) is 11.5 Å². The van der Waals surface area contributed by atoms with Gasteiger partial charge in [-0.3, -0.25) is 4.79 Å². The molecule has 2 rings (SSSR count). The Kier molecular flexibility index (Phi) is 4.68. The van der Waals surface area contributed by atoms with Crippen LogP contribution < -0.4 is 10.6 Å². The number of carbonyl (C=O) groups excluding carboxylic acids is 1. The van der Waals surface area contributed by atoms with Crippen molar-refractivity contribution in [3.05, 3.63) is 18.1 Å². The summed E-state index contributed by atoms with van der Waals surface area (Å²) < 4.78 is 5.45. The van der Waals surface area contributed by atoms with Gasteiger partial charge >= 0.3 is 0 Å². The maximum absolute atomic E-state index is 11.9. The van der Waals surface area contributed by atoms with Crippen LogP contribution in [0.2, 0.25) is 0 Å². The van der Waals surface area contributed by atoms with Crippen LogP contribution in [0.4, 0.5) is 5.82 Å². The molecule has 0 radical (unpaired) electrons. The summed E-state index contributed by atoms with van der Waals surface area (Å²) in [7, 11) is 0. The van der Waals surface area contributed by atoms with E-state index in [2.05, 4.69) is 20.6 Å². The Hall–Kier alpha value is -1.69. The average Bonchev–Trinajstić information content (AvgIpc) is 2.37. The van der Waals surface area contributed by atoms with Crippen molar-refractivity contribution >= 4 is 11.7 Å². The predicted octanol–water partition coefficient (Wildman–Crippen LogP) is 1.21. The number of rotatable bonds is 6. The zero-order valence-electron chi connectivity index (χ0n) is 11.3. The summed E-state index contributed by atoms with van der Waals surface area (Å²) in [4.78, 5) is 20.1. The lowest BCUT2D eigenvalue weighted by Crippen LogP contribution is -2.48. The van der Waals surface area contributed by atoms with E-state index in [9.17, 15) is 4.79 Å². The third-order valence-electron chi connectivity index (χ3n) is 3.07. The third kappa shape index (κ3) is 3.64. The van der Waals surface area contributed by atoms with E-state index in [1.165, 1.54) is 6.20 Å². The molecule has 6 heteroatoms.